The number of nitrogens with zero attached hydrogens (tertiary/aromatic N) is 4. The zero-order chi connectivity index (χ0) is 21.1. The Balaban J connectivity index is 2.13. The molecule has 1 N–H and O–H groups in total. The van der Waals surface area contributed by atoms with Crippen LogP contribution in [0.4, 0.5) is 15.3 Å². The minimum Gasteiger partial charge on any atom is -0.481 e. The van der Waals surface area contributed by atoms with Gasteiger partial charge in [-0.15, -0.1) is 0 Å². The molecule has 3 rings (SSSR count). The van der Waals surface area contributed by atoms with E-state index >= 15 is 0 Å². The summed E-state index contributed by atoms with van der Waals surface area (Å²) in [6, 6.07) is 7.22. The van der Waals surface area contributed by atoms with Gasteiger partial charge in [0.25, 0.3) is 0 Å². The van der Waals surface area contributed by atoms with Gasteiger partial charge in [-0.25, -0.2) is 19.5 Å². The van der Waals surface area contributed by atoms with Crippen molar-refractivity contribution in [2.24, 2.45) is 10.9 Å². The number of halogens is 1. The van der Waals surface area contributed by atoms with E-state index < -0.39 is 30.0 Å². The lowest BCUT2D eigenvalue weighted by molar-refractivity contribution is -0.140. The monoisotopic (exact) mass is 414 g/mol. The molecule has 9 heteroatoms. The lowest BCUT2D eigenvalue weighted by atomic mass is 9.87. The second-order valence-corrected chi connectivity index (χ2v) is 6.90. The maximum absolute atomic E-state index is 13.4. The van der Waals surface area contributed by atoms with Crippen molar-refractivity contribution in [1.29, 1.82) is 0 Å². The number of aliphatic imine (C=N–C) groups is 1. The van der Waals surface area contributed by atoms with Crippen molar-refractivity contribution in [3.63, 3.8) is 0 Å². The molecule has 2 heterocycles. The maximum atomic E-state index is 13.4. The van der Waals surface area contributed by atoms with E-state index in [0.29, 0.717) is 16.3 Å². The molecule has 0 spiro atoms. The van der Waals surface area contributed by atoms with Crippen molar-refractivity contribution in [3.8, 4) is 0 Å². The molecule has 4 amide bonds. The van der Waals surface area contributed by atoms with Gasteiger partial charge in [-0.3, -0.25) is 14.7 Å². The normalized spacial score (nSPS) is 18.9. The van der Waals surface area contributed by atoms with E-state index in [1.165, 1.54) is 18.0 Å². The SMILES string of the molecule is CCN(C(=O)N1C(=O)N=C(C)C(C(=O)O)C1c1cccc(Cl)c1)c1cccnc1. The third-order valence-corrected chi connectivity index (χ3v) is 4.92. The number of hydrogen-bond donors (Lipinski definition) is 1. The van der Waals surface area contributed by atoms with Crippen LogP contribution in [0.15, 0.2) is 53.8 Å². The highest BCUT2D eigenvalue weighted by molar-refractivity contribution is 6.30. The number of carboxylic acids is 1. The quantitative estimate of drug-likeness (QED) is 0.813. The van der Waals surface area contributed by atoms with Crippen LogP contribution in [0.25, 0.3) is 0 Å². The molecule has 1 aliphatic heterocycles. The number of carboxylic acid groups (broad SMARTS) is 1. The number of carbonyl (C=O) groups excluding carboxylic acids is 2. The summed E-state index contributed by atoms with van der Waals surface area (Å²) < 4.78 is 0. The van der Waals surface area contributed by atoms with Crippen LogP contribution >= 0.6 is 11.6 Å². The average molecular weight is 415 g/mol. The molecule has 0 saturated heterocycles. The van der Waals surface area contributed by atoms with Gasteiger partial charge >= 0.3 is 18.0 Å². The molecule has 0 aliphatic carbocycles. The molecule has 150 valence electrons. The molecule has 29 heavy (non-hydrogen) atoms. The van der Waals surface area contributed by atoms with Gasteiger partial charge in [0.2, 0.25) is 0 Å². The van der Waals surface area contributed by atoms with Crippen LogP contribution in [0.1, 0.15) is 25.5 Å². The molecule has 0 radical (unpaired) electrons. The topological polar surface area (TPSA) is 103 Å². The molecule has 1 aliphatic rings. The van der Waals surface area contributed by atoms with E-state index in [1.807, 2.05) is 0 Å². The number of anilines is 1. The van der Waals surface area contributed by atoms with E-state index in [4.69, 9.17) is 11.6 Å². The van der Waals surface area contributed by atoms with Gasteiger partial charge < -0.3 is 5.11 Å². The predicted molar refractivity (Wildman–Crippen MR) is 108 cm³/mol. The molecule has 1 aromatic carbocycles. The van der Waals surface area contributed by atoms with Gasteiger partial charge in [-0.1, -0.05) is 23.7 Å². The fourth-order valence-corrected chi connectivity index (χ4v) is 3.59. The summed E-state index contributed by atoms with van der Waals surface area (Å²) in [5.74, 6) is -2.38. The first-order chi connectivity index (χ1) is 13.8. The van der Waals surface area contributed by atoms with E-state index in [0.717, 1.165) is 4.90 Å². The Morgan fingerprint density at radius 2 is 2.03 bits per heavy atom. The van der Waals surface area contributed by atoms with Crippen molar-refractivity contribution < 1.29 is 19.5 Å². The number of carbonyl (C=O) groups is 3. The van der Waals surface area contributed by atoms with Gasteiger partial charge in [0.05, 0.1) is 17.9 Å². The van der Waals surface area contributed by atoms with Crippen molar-refractivity contribution in [1.82, 2.24) is 9.88 Å². The van der Waals surface area contributed by atoms with Crippen LogP contribution in [0, 0.1) is 5.92 Å². The Hall–Kier alpha value is -3.26. The minimum absolute atomic E-state index is 0.126. The van der Waals surface area contributed by atoms with Crippen LogP contribution in [0.3, 0.4) is 0 Å². The molecule has 8 nitrogen and oxygen atoms in total. The minimum atomic E-state index is -1.19. The highest BCUT2D eigenvalue weighted by Crippen LogP contribution is 2.36. The zero-order valence-electron chi connectivity index (χ0n) is 15.8. The number of hydrogen-bond acceptors (Lipinski definition) is 4. The van der Waals surface area contributed by atoms with Crippen LogP contribution in [0.5, 0.6) is 0 Å². The zero-order valence-corrected chi connectivity index (χ0v) is 16.6. The largest absolute Gasteiger partial charge is 0.481 e. The number of benzene rings is 1. The second kappa shape index (κ2) is 8.40. The Labute approximate surface area is 172 Å². The fourth-order valence-electron chi connectivity index (χ4n) is 3.39. The molecule has 0 fully saturated rings. The summed E-state index contributed by atoms with van der Waals surface area (Å²) >= 11 is 6.09. The van der Waals surface area contributed by atoms with Gasteiger partial charge in [-0.2, -0.15) is 0 Å². The van der Waals surface area contributed by atoms with Crippen molar-refractivity contribution >= 4 is 41.0 Å². The average Bonchev–Trinajstić information content (AvgIpc) is 2.68. The molecule has 2 aromatic rings. The molecule has 0 saturated carbocycles. The standard InChI is InChI=1S/C20H19ClN4O4/c1-3-24(15-8-5-9-22-11-15)20(29)25-17(13-6-4-7-14(21)10-13)16(18(26)27)12(2)23-19(25)28/h4-11,16-17H,3H2,1-2H3,(H,26,27). The summed E-state index contributed by atoms with van der Waals surface area (Å²) in [7, 11) is 0. The lowest BCUT2D eigenvalue weighted by Gasteiger charge is -2.38. The van der Waals surface area contributed by atoms with E-state index in [9.17, 15) is 19.5 Å². The first-order valence-corrected chi connectivity index (χ1v) is 9.31. The smallest absolute Gasteiger partial charge is 0.352 e. The van der Waals surface area contributed by atoms with Crippen LogP contribution in [-0.2, 0) is 4.79 Å². The predicted octanol–water partition coefficient (Wildman–Crippen LogP) is 4.02. The van der Waals surface area contributed by atoms with Crippen molar-refractivity contribution in [2.75, 3.05) is 11.4 Å². The number of rotatable bonds is 4. The molecule has 2 atom stereocenters. The molecule has 1 aromatic heterocycles. The first kappa shape index (κ1) is 20.5. The maximum Gasteiger partial charge on any atom is 0.352 e. The number of aliphatic carboxylic acids is 1. The Morgan fingerprint density at radius 1 is 1.28 bits per heavy atom. The highest BCUT2D eigenvalue weighted by Gasteiger charge is 2.46. The summed E-state index contributed by atoms with van der Waals surface area (Å²) in [6.07, 6.45) is 3.06. The van der Waals surface area contributed by atoms with Crippen LogP contribution in [-0.4, -0.2) is 45.3 Å². The van der Waals surface area contributed by atoms with Crippen LogP contribution < -0.4 is 4.90 Å². The summed E-state index contributed by atoms with van der Waals surface area (Å²) in [6.45, 7) is 3.46. The van der Waals surface area contributed by atoms with Gasteiger partial charge in [-0.05, 0) is 43.7 Å². The molecular weight excluding hydrogens is 396 g/mol. The lowest BCUT2D eigenvalue weighted by Crippen LogP contribution is -2.53. The molecular formula is C20H19ClN4O4. The van der Waals surface area contributed by atoms with Gasteiger partial charge in [0, 0.05) is 23.5 Å². The fraction of sp³-hybridized carbons (Fsp3) is 0.250. The number of imide groups is 1. The number of pyridine rings is 1. The van der Waals surface area contributed by atoms with Gasteiger partial charge in [0.15, 0.2) is 0 Å². The third kappa shape index (κ3) is 3.97. The van der Waals surface area contributed by atoms with E-state index in [1.54, 1.807) is 49.5 Å². The summed E-state index contributed by atoms with van der Waals surface area (Å²) in [5.41, 5.74) is 1.04. The summed E-state index contributed by atoms with van der Waals surface area (Å²) in [5, 5.41) is 10.2. The Bertz CT molecular complexity index is 979. The van der Waals surface area contributed by atoms with Crippen molar-refractivity contribution in [3.05, 3.63) is 59.4 Å². The second-order valence-electron chi connectivity index (χ2n) is 6.46. The number of amides is 4. The first-order valence-electron chi connectivity index (χ1n) is 8.93. The third-order valence-electron chi connectivity index (χ3n) is 4.69. The van der Waals surface area contributed by atoms with Crippen molar-refractivity contribution in [2.45, 2.75) is 19.9 Å². The van der Waals surface area contributed by atoms with Crippen LogP contribution in [0.2, 0.25) is 5.02 Å². The Kier molecular flexibility index (Phi) is 5.93. The van der Waals surface area contributed by atoms with E-state index in [-0.39, 0.29) is 12.3 Å². The van der Waals surface area contributed by atoms with Gasteiger partial charge in [0.1, 0.15) is 5.92 Å². The Morgan fingerprint density at radius 3 is 2.62 bits per heavy atom. The highest BCUT2D eigenvalue weighted by atomic mass is 35.5. The van der Waals surface area contributed by atoms with E-state index in [2.05, 4.69) is 9.98 Å². The summed E-state index contributed by atoms with van der Waals surface area (Å²) in [4.78, 5) is 48.3. The molecule has 0 bridgehead atoms. The number of aromatic nitrogens is 1. The number of urea groups is 2. The molecule has 2 unspecified atom stereocenters.